The van der Waals surface area contributed by atoms with Crippen molar-refractivity contribution in [1.82, 2.24) is 14.7 Å². The molecule has 1 aromatic heterocycles. The minimum Gasteiger partial charge on any atom is -0.392 e. The van der Waals surface area contributed by atoms with E-state index in [0.29, 0.717) is 25.2 Å². The second kappa shape index (κ2) is 8.81. The highest BCUT2D eigenvalue weighted by atomic mass is 16.3. The van der Waals surface area contributed by atoms with Crippen LogP contribution in [0.1, 0.15) is 70.8 Å². The molecule has 1 amide bonds. The van der Waals surface area contributed by atoms with Crippen LogP contribution in [0.15, 0.2) is 12.3 Å². The lowest BCUT2D eigenvalue weighted by atomic mass is 9.94. The van der Waals surface area contributed by atoms with Crippen molar-refractivity contribution in [1.29, 1.82) is 0 Å². The molecule has 0 saturated heterocycles. The van der Waals surface area contributed by atoms with Crippen molar-refractivity contribution in [3.05, 3.63) is 12.3 Å². The van der Waals surface area contributed by atoms with Crippen molar-refractivity contribution >= 4 is 11.7 Å². The second-order valence-corrected chi connectivity index (χ2v) is 7.72. The maximum Gasteiger partial charge on any atom is 0.239 e. The molecule has 1 unspecified atom stereocenters. The van der Waals surface area contributed by atoms with Crippen LogP contribution >= 0.6 is 0 Å². The molecule has 25 heavy (non-hydrogen) atoms. The summed E-state index contributed by atoms with van der Waals surface area (Å²) < 4.78 is 1.98. The number of rotatable bonds is 7. The Balaban J connectivity index is 1.60. The fraction of sp³-hybridized carbons (Fsp3) is 0.789. The van der Waals surface area contributed by atoms with Crippen LogP contribution in [0, 0.1) is 0 Å². The molecule has 2 fully saturated rings. The van der Waals surface area contributed by atoms with Gasteiger partial charge >= 0.3 is 0 Å². The summed E-state index contributed by atoms with van der Waals surface area (Å²) in [6.07, 6.45) is 12.1. The fourth-order valence-electron chi connectivity index (χ4n) is 4.35. The van der Waals surface area contributed by atoms with Crippen molar-refractivity contribution in [2.24, 2.45) is 0 Å². The van der Waals surface area contributed by atoms with E-state index in [1.165, 1.54) is 32.1 Å². The molecule has 0 aliphatic heterocycles. The van der Waals surface area contributed by atoms with Gasteiger partial charge in [-0.1, -0.05) is 32.1 Å². The quantitative estimate of drug-likeness (QED) is 0.795. The second-order valence-electron chi connectivity index (χ2n) is 7.72. The Morgan fingerprint density at radius 3 is 2.64 bits per heavy atom. The molecule has 2 aliphatic carbocycles. The maximum atomic E-state index is 12.6. The first-order valence-electron chi connectivity index (χ1n) is 9.89. The topological polar surface area (TPSA) is 70.4 Å². The summed E-state index contributed by atoms with van der Waals surface area (Å²) in [5.41, 5.74) is 0. The molecule has 0 bridgehead atoms. The standard InChI is InChI=1S/C19H32N4O2/c1-15(24)13-22(16-7-3-2-4-8-16)14-19(25)21-18-11-12-20-23(18)17-9-5-6-10-17/h11-12,15-17,24H,2-10,13-14H2,1H3,(H,21,25). The minimum absolute atomic E-state index is 0.00836. The molecule has 0 aromatic carbocycles. The van der Waals surface area contributed by atoms with Crippen LogP contribution in [0.5, 0.6) is 0 Å². The lowest BCUT2D eigenvalue weighted by molar-refractivity contribution is -0.118. The van der Waals surface area contributed by atoms with E-state index in [-0.39, 0.29) is 5.91 Å². The van der Waals surface area contributed by atoms with E-state index < -0.39 is 6.10 Å². The van der Waals surface area contributed by atoms with E-state index in [1.54, 1.807) is 13.1 Å². The van der Waals surface area contributed by atoms with Gasteiger partial charge in [0.25, 0.3) is 0 Å². The van der Waals surface area contributed by atoms with Gasteiger partial charge in [-0.3, -0.25) is 9.69 Å². The van der Waals surface area contributed by atoms with E-state index in [2.05, 4.69) is 15.3 Å². The number of aliphatic hydroxyl groups is 1. The smallest absolute Gasteiger partial charge is 0.239 e. The molecular weight excluding hydrogens is 316 g/mol. The van der Waals surface area contributed by atoms with Crippen LogP contribution in [0.25, 0.3) is 0 Å². The Morgan fingerprint density at radius 2 is 1.96 bits per heavy atom. The first-order valence-corrected chi connectivity index (χ1v) is 9.89. The van der Waals surface area contributed by atoms with Gasteiger partial charge in [0.1, 0.15) is 5.82 Å². The highest BCUT2D eigenvalue weighted by Gasteiger charge is 2.25. The van der Waals surface area contributed by atoms with Crippen molar-refractivity contribution in [2.45, 2.75) is 82.9 Å². The molecule has 6 nitrogen and oxygen atoms in total. The average Bonchev–Trinajstić information content (AvgIpc) is 3.25. The van der Waals surface area contributed by atoms with Crippen molar-refractivity contribution in [3.8, 4) is 0 Å². The van der Waals surface area contributed by atoms with Crippen molar-refractivity contribution < 1.29 is 9.90 Å². The van der Waals surface area contributed by atoms with Gasteiger partial charge in [-0.05, 0) is 32.6 Å². The minimum atomic E-state index is -0.418. The summed E-state index contributed by atoms with van der Waals surface area (Å²) in [4.78, 5) is 14.8. The summed E-state index contributed by atoms with van der Waals surface area (Å²) in [5, 5.41) is 17.3. The fourth-order valence-corrected chi connectivity index (χ4v) is 4.35. The van der Waals surface area contributed by atoms with Crippen LogP contribution in [-0.2, 0) is 4.79 Å². The predicted molar refractivity (Wildman–Crippen MR) is 98.5 cm³/mol. The number of hydrogen-bond donors (Lipinski definition) is 2. The van der Waals surface area contributed by atoms with E-state index in [0.717, 1.165) is 31.5 Å². The Labute approximate surface area is 150 Å². The number of carbonyl (C=O) groups excluding carboxylic acids is 1. The van der Waals surface area contributed by atoms with Gasteiger partial charge in [-0.2, -0.15) is 5.10 Å². The monoisotopic (exact) mass is 348 g/mol. The van der Waals surface area contributed by atoms with Crippen LogP contribution in [0.3, 0.4) is 0 Å². The largest absolute Gasteiger partial charge is 0.392 e. The molecule has 140 valence electrons. The van der Waals surface area contributed by atoms with E-state index >= 15 is 0 Å². The summed E-state index contributed by atoms with van der Waals surface area (Å²) in [7, 11) is 0. The summed E-state index contributed by atoms with van der Waals surface area (Å²) in [5.74, 6) is 0.795. The summed E-state index contributed by atoms with van der Waals surface area (Å²) in [6.45, 7) is 2.69. The summed E-state index contributed by atoms with van der Waals surface area (Å²) >= 11 is 0. The number of carbonyl (C=O) groups is 1. The van der Waals surface area contributed by atoms with Gasteiger partial charge in [0.15, 0.2) is 0 Å². The number of nitrogens with one attached hydrogen (secondary N) is 1. The van der Waals surface area contributed by atoms with Crippen molar-refractivity contribution in [2.75, 3.05) is 18.4 Å². The number of aliphatic hydroxyl groups excluding tert-OH is 1. The number of aromatic nitrogens is 2. The molecule has 3 rings (SSSR count). The van der Waals surface area contributed by atoms with Crippen LogP contribution < -0.4 is 5.32 Å². The molecule has 1 aromatic rings. The molecule has 1 atom stereocenters. The average molecular weight is 348 g/mol. The maximum absolute atomic E-state index is 12.6. The third-order valence-electron chi connectivity index (χ3n) is 5.54. The number of nitrogens with zero attached hydrogens (tertiary/aromatic N) is 3. The Kier molecular flexibility index (Phi) is 6.48. The molecular formula is C19H32N4O2. The summed E-state index contributed by atoms with van der Waals surface area (Å²) in [6, 6.07) is 2.71. The molecule has 6 heteroatoms. The zero-order valence-electron chi connectivity index (χ0n) is 15.4. The van der Waals surface area contributed by atoms with Crippen LogP contribution in [0.2, 0.25) is 0 Å². The number of hydrogen-bond acceptors (Lipinski definition) is 4. The van der Waals surface area contributed by atoms with Gasteiger partial charge in [-0.25, -0.2) is 4.68 Å². The van der Waals surface area contributed by atoms with Gasteiger partial charge in [0.05, 0.1) is 24.9 Å². The zero-order valence-corrected chi connectivity index (χ0v) is 15.4. The van der Waals surface area contributed by atoms with E-state index in [9.17, 15) is 9.90 Å². The molecule has 2 N–H and O–H groups in total. The normalized spacial score (nSPS) is 20.9. The van der Waals surface area contributed by atoms with E-state index in [4.69, 9.17) is 0 Å². The Morgan fingerprint density at radius 1 is 1.28 bits per heavy atom. The number of anilines is 1. The van der Waals surface area contributed by atoms with Gasteiger partial charge < -0.3 is 10.4 Å². The number of amides is 1. The molecule has 0 spiro atoms. The third kappa shape index (κ3) is 5.05. The highest BCUT2D eigenvalue weighted by molar-refractivity contribution is 5.91. The molecule has 1 heterocycles. The Bertz CT molecular complexity index is 545. The molecule has 2 aliphatic rings. The lowest BCUT2D eigenvalue weighted by Crippen LogP contribution is -2.45. The predicted octanol–water partition coefficient (Wildman–Crippen LogP) is 2.95. The molecule has 0 radical (unpaired) electrons. The van der Waals surface area contributed by atoms with Crippen LogP contribution in [-0.4, -0.2) is 50.9 Å². The van der Waals surface area contributed by atoms with Gasteiger partial charge in [0, 0.05) is 18.7 Å². The van der Waals surface area contributed by atoms with Gasteiger partial charge in [-0.15, -0.1) is 0 Å². The molecule has 2 saturated carbocycles. The highest BCUT2D eigenvalue weighted by Crippen LogP contribution is 2.31. The van der Waals surface area contributed by atoms with Crippen LogP contribution in [0.4, 0.5) is 5.82 Å². The van der Waals surface area contributed by atoms with Crippen molar-refractivity contribution in [3.63, 3.8) is 0 Å². The van der Waals surface area contributed by atoms with Gasteiger partial charge in [0.2, 0.25) is 5.91 Å². The first-order chi connectivity index (χ1) is 12.1. The lowest BCUT2D eigenvalue weighted by Gasteiger charge is -2.34. The Hall–Kier alpha value is -1.40. The zero-order chi connectivity index (χ0) is 17.6. The third-order valence-corrected chi connectivity index (χ3v) is 5.54. The SMILES string of the molecule is CC(O)CN(CC(=O)Nc1ccnn1C1CCCC1)C1CCCCC1. The first kappa shape index (κ1) is 18.4. The van der Waals surface area contributed by atoms with E-state index in [1.807, 2.05) is 10.7 Å².